The Bertz CT molecular complexity index is 581. The molecule has 0 saturated heterocycles. The molecular weight excluding hydrogens is 288 g/mol. The molecule has 0 radical (unpaired) electrons. The summed E-state index contributed by atoms with van der Waals surface area (Å²) in [6.45, 7) is 3.47. The van der Waals surface area contributed by atoms with E-state index in [1.54, 1.807) is 0 Å². The zero-order valence-electron chi connectivity index (χ0n) is 12.3. The zero-order valence-corrected chi connectivity index (χ0v) is 13.1. The van der Waals surface area contributed by atoms with Gasteiger partial charge in [-0.15, -0.1) is 12.4 Å². The maximum Gasteiger partial charge on any atom is 0.251 e. The third kappa shape index (κ3) is 4.92. The van der Waals surface area contributed by atoms with Gasteiger partial charge in [-0.3, -0.25) is 4.79 Å². The average Bonchev–Trinajstić information content (AvgIpc) is 2.90. The van der Waals surface area contributed by atoms with Gasteiger partial charge in [0.05, 0.1) is 0 Å². The summed E-state index contributed by atoms with van der Waals surface area (Å²) in [5, 5.41) is 5.96. The van der Waals surface area contributed by atoms with Crippen LogP contribution in [-0.2, 0) is 0 Å². The second-order valence-electron chi connectivity index (χ2n) is 4.70. The van der Waals surface area contributed by atoms with Crippen LogP contribution in [0.25, 0.3) is 11.3 Å². The van der Waals surface area contributed by atoms with Crippen LogP contribution >= 0.6 is 12.4 Å². The standard InChI is InChI=1S/C16H20N2O2.ClH/c1-12-7-8-15(20-12)13-5-3-6-14(11-13)16(19)18-10-4-9-17-2;/h3,5-8,11,17H,4,9-10H2,1-2H3,(H,18,19);1H. The monoisotopic (exact) mass is 308 g/mol. The number of amides is 1. The molecule has 4 nitrogen and oxygen atoms in total. The molecule has 1 heterocycles. The van der Waals surface area contributed by atoms with Crippen LogP contribution in [-0.4, -0.2) is 26.0 Å². The molecule has 0 atom stereocenters. The van der Waals surface area contributed by atoms with Gasteiger partial charge in [0.1, 0.15) is 11.5 Å². The van der Waals surface area contributed by atoms with Crippen LogP contribution in [0.5, 0.6) is 0 Å². The van der Waals surface area contributed by atoms with Crippen molar-refractivity contribution >= 4 is 18.3 Å². The first-order valence-electron chi connectivity index (χ1n) is 6.80. The quantitative estimate of drug-likeness (QED) is 0.807. The molecule has 0 fully saturated rings. The average molecular weight is 309 g/mol. The van der Waals surface area contributed by atoms with Gasteiger partial charge in [0.25, 0.3) is 5.91 Å². The van der Waals surface area contributed by atoms with Gasteiger partial charge in [-0.2, -0.15) is 0 Å². The maximum absolute atomic E-state index is 12.0. The highest BCUT2D eigenvalue weighted by Gasteiger charge is 2.08. The smallest absolute Gasteiger partial charge is 0.251 e. The van der Waals surface area contributed by atoms with E-state index in [1.807, 2.05) is 50.4 Å². The third-order valence-corrected chi connectivity index (χ3v) is 3.04. The van der Waals surface area contributed by atoms with Crippen LogP contribution in [0.4, 0.5) is 0 Å². The number of halogens is 1. The van der Waals surface area contributed by atoms with E-state index in [1.165, 1.54) is 0 Å². The van der Waals surface area contributed by atoms with Crippen molar-refractivity contribution in [2.24, 2.45) is 0 Å². The van der Waals surface area contributed by atoms with Gasteiger partial charge in [-0.25, -0.2) is 0 Å². The summed E-state index contributed by atoms with van der Waals surface area (Å²) < 4.78 is 5.58. The molecule has 21 heavy (non-hydrogen) atoms. The molecule has 0 bridgehead atoms. The number of hydrogen-bond acceptors (Lipinski definition) is 3. The van der Waals surface area contributed by atoms with Crippen molar-refractivity contribution in [1.29, 1.82) is 0 Å². The van der Waals surface area contributed by atoms with Crippen molar-refractivity contribution in [3.05, 3.63) is 47.7 Å². The summed E-state index contributed by atoms with van der Waals surface area (Å²) in [5.41, 5.74) is 1.57. The van der Waals surface area contributed by atoms with Crippen molar-refractivity contribution in [3.8, 4) is 11.3 Å². The lowest BCUT2D eigenvalue weighted by molar-refractivity contribution is 0.0953. The first-order valence-corrected chi connectivity index (χ1v) is 6.80. The fourth-order valence-electron chi connectivity index (χ4n) is 1.97. The van der Waals surface area contributed by atoms with Gasteiger partial charge in [0, 0.05) is 17.7 Å². The summed E-state index contributed by atoms with van der Waals surface area (Å²) in [4.78, 5) is 12.0. The molecule has 0 saturated carbocycles. The Morgan fingerprint density at radius 3 is 2.67 bits per heavy atom. The van der Waals surface area contributed by atoms with Crippen molar-refractivity contribution < 1.29 is 9.21 Å². The van der Waals surface area contributed by atoms with Gasteiger partial charge in [-0.05, 0) is 51.2 Å². The van der Waals surface area contributed by atoms with E-state index in [0.717, 1.165) is 30.0 Å². The van der Waals surface area contributed by atoms with E-state index in [0.29, 0.717) is 12.1 Å². The molecule has 0 aliphatic rings. The van der Waals surface area contributed by atoms with Crippen molar-refractivity contribution in [2.75, 3.05) is 20.1 Å². The fraction of sp³-hybridized carbons (Fsp3) is 0.312. The molecule has 2 aromatic rings. The topological polar surface area (TPSA) is 54.3 Å². The largest absolute Gasteiger partial charge is 0.461 e. The number of hydrogen-bond donors (Lipinski definition) is 2. The molecule has 0 unspecified atom stereocenters. The highest BCUT2D eigenvalue weighted by atomic mass is 35.5. The van der Waals surface area contributed by atoms with Crippen molar-refractivity contribution in [3.63, 3.8) is 0 Å². The molecule has 2 N–H and O–H groups in total. The first-order chi connectivity index (χ1) is 9.70. The van der Waals surface area contributed by atoms with Crippen LogP contribution in [0.3, 0.4) is 0 Å². The second-order valence-corrected chi connectivity index (χ2v) is 4.70. The van der Waals surface area contributed by atoms with Gasteiger partial charge in [-0.1, -0.05) is 12.1 Å². The molecule has 0 spiro atoms. The molecule has 0 aliphatic carbocycles. The van der Waals surface area contributed by atoms with Crippen molar-refractivity contribution in [1.82, 2.24) is 10.6 Å². The van der Waals surface area contributed by atoms with Gasteiger partial charge >= 0.3 is 0 Å². The van der Waals surface area contributed by atoms with Crippen LogP contribution < -0.4 is 10.6 Å². The maximum atomic E-state index is 12.0. The van der Waals surface area contributed by atoms with E-state index >= 15 is 0 Å². The Balaban J connectivity index is 0.00000220. The number of carbonyl (C=O) groups is 1. The number of carbonyl (C=O) groups excluding carboxylic acids is 1. The Morgan fingerprint density at radius 2 is 2.00 bits per heavy atom. The molecule has 2 rings (SSSR count). The lowest BCUT2D eigenvalue weighted by Crippen LogP contribution is -2.26. The number of nitrogens with one attached hydrogen (secondary N) is 2. The summed E-state index contributed by atoms with van der Waals surface area (Å²) in [5.74, 6) is 1.60. The van der Waals surface area contributed by atoms with E-state index in [9.17, 15) is 4.79 Å². The number of furan rings is 1. The van der Waals surface area contributed by atoms with Gasteiger partial charge in [0.2, 0.25) is 0 Å². The summed E-state index contributed by atoms with van der Waals surface area (Å²) in [6.07, 6.45) is 0.916. The zero-order chi connectivity index (χ0) is 14.4. The Labute approximate surface area is 131 Å². The fourth-order valence-corrected chi connectivity index (χ4v) is 1.97. The van der Waals surface area contributed by atoms with Gasteiger partial charge < -0.3 is 15.1 Å². The van der Waals surface area contributed by atoms with E-state index < -0.39 is 0 Å². The van der Waals surface area contributed by atoms with Crippen LogP contribution in [0.2, 0.25) is 0 Å². The third-order valence-electron chi connectivity index (χ3n) is 3.04. The van der Waals surface area contributed by atoms with Crippen LogP contribution in [0.15, 0.2) is 40.8 Å². The molecule has 1 aromatic carbocycles. The lowest BCUT2D eigenvalue weighted by Gasteiger charge is -2.06. The van der Waals surface area contributed by atoms with Crippen LogP contribution in [0, 0.1) is 6.92 Å². The summed E-state index contributed by atoms with van der Waals surface area (Å²) in [6, 6.07) is 11.3. The number of rotatable bonds is 6. The van der Waals surface area contributed by atoms with E-state index in [2.05, 4.69) is 10.6 Å². The number of aryl methyl sites for hydroxylation is 1. The predicted octanol–water partition coefficient (Wildman–Crippen LogP) is 3.02. The second kappa shape index (κ2) is 8.49. The first kappa shape index (κ1) is 17.3. The summed E-state index contributed by atoms with van der Waals surface area (Å²) in [7, 11) is 1.90. The Morgan fingerprint density at radius 1 is 1.19 bits per heavy atom. The highest BCUT2D eigenvalue weighted by Crippen LogP contribution is 2.22. The normalized spacial score (nSPS) is 10.0. The SMILES string of the molecule is CNCCCNC(=O)c1cccc(-c2ccc(C)o2)c1.Cl. The van der Waals surface area contributed by atoms with Crippen LogP contribution in [0.1, 0.15) is 22.5 Å². The van der Waals surface area contributed by atoms with E-state index in [-0.39, 0.29) is 18.3 Å². The van der Waals surface area contributed by atoms with Crippen molar-refractivity contribution in [2.45, 2.75) is 13.3 Å². The molecule has 114 valence electrons. The number of benzene rings is 1. The minimum Gasteiger partial charge on any atom is -0.461 e. The molecular formula is C16H21ClN2O2. The van der Waals surface area contributed by atoms with E-state index in [4.69, 9.17) is 4.42 Å². The Kier molecular flexibility index (Phi) is 6.99. The minimum absolute atomic E-state index is 0. The van der Waals surface area contributed by atoms with Gasteiger partial charge in [0.15, 0.2) is 0 Å². The predicted molar refractivity (Wildman–Crippen MR) is 87.0 cm³/mol. The minimum atomic E-state index is -0.0498. The molecule has 0 aliphatic heterocycles. The molecule has 1 aromatic heterocycles. The lowest BCUT2D eigenvalue weighted by atomic mass is 10.1. The summed E-state index contributed by atoms with van der Waals surface area (Å²) >= 11 is 0. The molecule has 1 amide bonds. The highest BCUT2D eigenvalue weighted by molar-refractivity contribution is 5.95. The molecule has 5 heteroatoms. The Hall–Kier alpha value is -1.78.